The van der Waals surface area contributed by atoms with Crippen molar-refractivity contribution in [3.63, 3.8) is 0 Å². The summed E-state index contributed by atoms with van der Waals surface area (Å²) in [4.78, 5) is 14.2. The number of carbonyl (C=O) groups is 1. The summed E-state index contributed by atoms with van der Waals surface area (Å²) < 4.78 is 31.8. The first-order valence-corrected chi connectivity index (χ1v) is 7.58. The second-order valence-corrected chi connectivity index (χ2v) is 5.74. The molecule has 0 fully saturated rings. The minimum atomic E-state index is -3.83. The number of aliphatic hydroxyl groups is 1. The van der Waals surface area contributed by atoms with Crippen molar-refractivity contribution in [2.24, 2.45) is 5.11 Å². The van der Waals surface area contributed by atoms with Gasteiger partial charge in [0.15, 0.2) is 0 Å². The van der Waals surface area contributed by atoms with E-state index in [-0.39, 0.29) is 18.6 Å². The van der Waals surface area contributed by atoms with E-state index in [4.69, 9.17) is 14.5 Å². The Morgan fingerprint density at radius 3 is 2.80 bits per heavy atom. The van der Waals surface area contributed by atoms with Crippen molar-refractivity contribution in [1.82, 2.24) is 0 Å². The smallest absolute Gasteiger partial charge is 0.333 e. The van der Waals surface area contributed by atoms with Gasteiger partial charge in [0.25, 0.3) is 10.1 Å². The first kappa shape index (κ1) is 16.4. The van der Waals surface area contributed by atoms with Crippen LogP contribution in [0.1, 0.15) is 13.3 Å². The van der Waals surface area contributed by atoms with E-state index in [1.807, 2.05) is 0 Å². The van der Waals surface area contributed by atoms with Crippen LogP contribution < -0.4 is 0 Å². The zero-order valence-electron chi connectivity index (χ0n) is 11.0. The van der Waals surface area contributed by atoms with Crippen LogP contribution in [0.3, 0.4) is 0 Å². The van der Waals surface area contributed by atoms with Crippen molar-refractivity contribution < 1.29 is 27.2 Å². The van der Waals surface area contributed by atoms with Crippen LogP contribution in [0, 0.1) is 0 Å². The van der Waals surface area contributed by atoms with Gasteiger partial charge in [-0.3, -0.25) is 4.18 Å². The van der Waals surface area contributed by atoms with E-state index in [1.165, 1.54) is 6.08 Å². The highest BCUT2D eigenvalue weighted by molar-refractivity contribution is 7.86. The molecular formula is C10H15N3O6S. The van der Waals surface area contributed by atoms with Crippen LogP contribution in [-0.2, 0) is 23.8 Å². The summed E-state index contributed by atoms with van der Waals surface area (Å²) in [5, 5.41) is 13.2. The number of esters is 1. The van der Waals surface area contributed by atoms with E-state index in [2.05, 4.69) is 10.0 Å². The summed E-state index contributed by atoms with van der Waals surface area (Å²) >= 11 is 0. The first-order valence-electron chi connectivity index (χ1n) is 5.76. The lowest BCUT2D eigenvalue weighted by atomic mass is 9.91. The lowest BCUT2D eigenvalue weighted by Gasteiger charge is -2.29. The van der Waals surface area contributed by atoms with Gasteiger partial charge in [-0.25, -0.2) is 4.79 Å². The Morgan fingerprint density at radius 1 is 1.65 bits per heavy atom. The summed E-state index contributed by atoms with van der Waals surface area (Å²) in [6.45, 7) is 1.76. The van der Waals surface area contributed by atoms with Crippen molar-refractivity contribution in [1.29, 1.82) is 0 Å². The molecule has 3 atom stereocenters. The van der Waals surface area contributed by atoms with E-state index in [0.717, 1.165) is 6.26 Å². The summed E-state index contributed by atoms with van der Waals surface area (Å²) in [6, 6.07) is -1.10. The molecule has 0 spiro atoms. The van der Waals surface area contributed by atoms with Crippen molar-refractivity contribution in [2.75, 3.05) is 12.9 Å². The fraction of sp³-hybridized carbons (Fsp3) is 0.700. The van der Waals surface area contributed by atoms with Gasteiger partial charge in [-0.1, -0.05) is 11.2 Å². The molecule has 9 nitrogen and oxygen atoms in total. The Bertz CT molecular complexity index is 551. The highest BCUT2D eigenvalue weighted by Gasteiger charge is 2.36. The van der Waals surface area contributed by atoms with E-state index < -0.39 is 34.3 Å². The fourth-order valence-corrected chi connectivity index (χ4v) is 2.41. The molecule has 0 aliphatic heterocycles. The lowest BCUT2D eigenvalue weighted by Crippen LogP contribution is -2.42. The van der Waals surface area contributed by atoms with Crippen LogP contribution in [0.25, 0.3) is 10.4 Å². The third kappa shape index (κ3) is 4.49. The van der Waals surface area contributed by atoms with E-state index >= 15 is 0 Å². The summed E-state index contributed by atoms with van der Waals surface area (Å²) in [6.07, 6.45) is -0.636. The van der Waals surface area contributed by atoms with Gasteiger partial charge in [-0.2, -0.15) is 8.42 Å². The topological polar surface area (TPSA) is 139 Å². The second kappa shape index (κ2) is 6.71. The average Bonchev–Trinajstić information content (AvgIpc) is 2.32. The van der Waals surface area contributed by atoms with Crippen molar-refractivity contribution in [2.45, 2.75) is 31.6 Å². The minimum absolute atomic E-state index is 0.100. The predicted octanol–water partition coefficient (Wildman–Crippen LogP) is 0.264. The van der Waals surface area contributed by atoms with Crippen molar-refractivity contribution in [3.8, 4) is 0 Å². The normalized spacial score (nSPS) is 26.4. The fourth-order valence-electron chi connectivity index (χ4n) is 1.78. The number of azide groups is 1. The van der Waals surface area contributed by atoms with Crippen LogP contribution in [0.2, 0.25) is 0 Å². The molecule has 0 unspecified atom stereocenters. The molecule has 0 bridgehead atoms. The van der Waals surface area contributed by atoms with Crippen LogP contribution in [0.4, 0.5) is 0 Å². The molecular weight excluding hydrogens is 290 g/mol. The van der Waals surface area contributed by atoms with Crippen LogP contribution in [-0.4, -0.2) is 50.6 Å². The van der Waals surface area contributed by atoms with Crippen LogP contribution in [0.15, 0.2) is 16.8 Å². The number of rotatable bonds is 5. The lowest BCUT2D eigenvalue weighted by molar-refractivity contribution is -0.139. The molecule has 0 saturated carbocycles. The van der Waals surface area contributed by atoms with Gasteiger partial charge in [0, 0.05) is 16.9 Å². The summed E-state index contributed by atoms with van der Waals surface area (Å²) in [5.74, 6) is -0.667. The Hall–Kier alpha value is -1.61. The maximum atomic E-state index is 11.7. The van der Waals surface area contributed by atoms with Gasteiger partial charge in [0.1, 0.15) is 6.10 Å². The highest BCUT2D eigenvalue weighted by Crippen LogP contribution is 2.26. The quantitative estimate of drug-likeness (QED) is 0.254. The molecule has 20 heavy (non-hydrogen) atoms. The van der Waals surface area contributed by atoms with Gasteiger partial charge >= 0.3 is 5.97 Å². The monoisotopic (exact) mass is 305 g/mol. The van der Waals surface area contributed by atoms with E-state index in [0.29, 0.717) is 0 Å². The summed E-state index contributed by atoms with van der Waals surface area (Å²) in [5.41, 5.74) is 8.53. The van der Waals surface area contributed by atoms with Gasteiger partial charge in [-0.05, 0) is 12.5 Å². The Morgan fingerprint density at radius 2 is 2.30 bits per heavy atom. The zero-order chi connectivity index (χ0) is 15.3. The molecule has 0 amide bonds. The number of aliphatic hydroxyl groups excluding tert-OH is 1. The standard InChI is InChI=1S/C10H15N3O6S/c1-3-18-10(15)6-4-7(12-13-11)9(14)8(5-6)19-20(2,16)17/h4,7-9,14H,3,5H2,1-2H3/t7-,8+,9+/m0/s1. The molecule has 0 aromatic heterocycles. The van der Waals surface area contributed by atoms with Gasteiger partial charge < -0.3 is 9.84 Å². The largest absolute Gasteiger partial charge is 0.463 e. The number of hydrogen-bond donors (Lipinski definition) is 1. The molecule has 10 heteroatoms. The number of nitrogens with zero attached hydrogens (tertiary/aromatic N) is 3. The maximum Gasteiger partial charge on any atom is 0.333 e. The molecule has 0 aromatic carbocycles. The van der Waals surface area contributed by atoms with Crippen LogP contribution >= 0.6 is 0 Å². The zero-order valence-corrected chi connectivity index (χ0v) is 11.8. The molecule has 0 aromatic rings. The molecule has 1 rings (SSSR count). The number of ether oxygens (including phenoxy) is 1. The second-order valence-electron chi connectivity index (χ2n) is 4.14. The van der Waals surface area contributed by atoms with E-state index in [1.54, 1.807) is 6.92 Å². The van der Waals surface area contributed by atoms with Crippen molar-refractivity contribution in [3.05, 3.63) is 22.1 Å². The molecule has 1 aliphatic carbocycles. The Kier molecular flexibility index (Phi) is 5.52. The first-order chi connectivity index (χ1) is 9.28. The summed E-state index contributed by atoms with van der Waals surface area (Å²) in [7, 11) is -3.83. The molecule has 1 N–H and O–H groups in total. The molecule has 1 aliphatic rings. The van der Waals surface area contributed by atoms with Gasteiger partial charge in [0.2, 0.25) is 0 Å². The van der Waals surface area contributed by atoms with Crippen LogP contribution in [0.5, 0.6) is 0 Å². The van der Waals surface area contributed by atoms with Gasteiger partial charge in [0.05, 0.1) is 25.0 Å². The number of carbonyl (C=O) groups excluding carboxylic acids is 1. The highest BCUT2D eigenvalue weighted by atomic mass is 32.2. The molecule has 0 heterocycles. The SMILES string of the molecule is CCOC(=O)C1=C[C@H](N=[N+]=[N-])[C@@H](O)[C@H](OS(C)(=O)=O)C1. The Balaban J connectivity index is 3.05. The molecule has 0 radical (unpaired) electrons. The minimum Gasteiger partial charge on any atom is -0.463 e. The maximum absolute atomic E-state index is 11.7. The van der Waals surface area contributed by atoms with E-state index in [9.17, 15) is 18.3 Å². The molecule has 0 saturated heterocycles. The third-order valence-electron chi connectivity index (χ3n) is 2.54. The molecule has 112 valence electrons. The average molecular weight is 305 g/mol. The Labute approximate surface area is 115 Å². The number of hydrogen-bond acceptors (Lipinski definition) is 7. The predicted molar refractivity (Wildman–Crippen MR) is 68.0 cm³/mol. The van der Waals surface area contributed by atoms with Crippen molar-refractivity contribution >= 4 is 16.1 Å². The third-order valence-corrected chi connectivity index (χ3v) is 3.14. The van der Waals surface area contributed by atoms with Gasteiger partial charge in [-0.15, -0.1) is 0 Å².